The predicted molar refractivity (Wildman–Crippen MR) is 106 cm³/mol. The lowest BCUT2D eigenvalue weighted by Gasteiger charge is -2.32. The van der Waals surface area contributed by atoms with E-state index in [-0.39, 0.29) is 17.1 Å². The van der Waals surface area contributed by atoms with Gasteiger partial charge in [0.2, 0.25) is 5.82 Å². The first kappa shape index (κ1) is 24.4. The standard InChI is InChI=1S/C21H20F5N3O4/c1-9-14(10-7-8-11(22)15(23)16(10)32-3)17(33-20(9,2)21(24,25)26)19(31)29-13-6-4-5-12(28-13)18(27)30/h4-9,14,17H,1-3H3,(H2,27,30)(H,28,29,31)/t9-,14+,17+,20+/m0/s1. The second-order valence-corrected chi connectivity index (χ2v) is 7.70. The van der Waals surface area contributed by atoms with E-state index in [1.807, 2.05) is 0 Å². The number of primary amides is 1. The third kappa shape index (κ3) is 4.22. The predicted octanol–water partition coefficient (Wildman–Crippen LogP) is 3.55. The number of nitrogens with one attached hydrogen (secondary N) is 1. The number of alkyl halides is 3. The number of ether oxygens (including phenoxy) is 2. The molecular formula is C21H20F5N3O4. The molecule has 3 rings (SSSR count). The highest BCUT2D eigenvalue weighted by Gasteiger charge is 2.65. The van der Waals surface area contributed by atoms with Gasteiger partial charge in [0.25, 0.3) is 11.8 Å². The van der Waals surface area contributed by atoms with Crippen molar-refractivity contribution in [3.05, 3.63) is 53.2 Å². The van der Waals surface area contributed by atoms with Gasteiger partial charge in [-0.2, -0.15) is 17.6 Å². The molecule has 0 aliphatic carbocycles. The summed E-state index contributed by atoms with van der Waals surface area (Å²) in [5.41, 5.74) is 2.00. The molecule has 12 heteroatoms. The molecule has 0 unspecified atom stereocenters. The number of amides is 2. The van der Waals surface area contributed by atoms with E-state index in [1.54, 1.807) is 0 Å². The van der Waals surface area contributed by atoms with E-state index in [4.69, 9.17) is 15.2 Å². The lowest BCUT2D eigenvalue weighted by Crippen LogP contribution is -2.47. The minimum atomic E-state index is -4.89. The summed E-state index contributed by atoms with van der Waals surface area (Å²) in [4.78, 5) is 28.2. The van der Waals surface area contributed by atoms with Crippen molar-refractivity contribution in [2.45, 2.75) is 37.6 Å². The molecule has 4 atom stereocenters. The van der Waals surface area contributed by atoms with Gasteiger partial charge in [0.1, 0.15) is 17.6 Å². The number of nitrogens with zero attached hydrogens (tertiary/aromatic N) is 1. The number of nitrogens with two attached hydrogens (primary N) is 1. The number of benzene rings is 1. The quantitative estimate of drug-likeness (QED) is 0.647. The van der Waals surface area contributed by atoms with Gasteiger partial charge in [-0.1, -0.05) is 19.1 Å². The minimum absolute atomic E-state index is 0.163. The highest BCUT2D eigenvalue weighted by atomic mass is 19.4. The van der Waals surface area contributed by atoms with Crippen LogP contribution in [0.3, 0.4) is 0 Å². The Balaban J connectivity index is 2.07. The molecule has 33 heavy (non-hydrogen) atoms. The van der Waals surface area contributed by atoms with Crippen LogP contribution in [0.5, 0.6) is 5.75 Å². The molecule has 1 saturated heterocycles. The van der Waals surface area contributed by atoms with Crippen molar-refractivity contribution in [2.75, 3.05) is 12.4 Å². The topological polar surface area (TPSA) is 104 Å². The molecule has 1 fully saturated rings. The Morgan fingerprint density at radius 2 is 1.88 bits per heavy atom. The van der Waals surface area contributed by atoms with Crippen molar-refractivity contribution >= 4 is 17.6 Å². The van der Waals surface area contributed by atoms with Gasteiger partial charge in [-0.15, -0.1) is 0 Å². The number of hydrogen-bond acceptors (Lipinski definition) is 5. The Bertz CT molecular complexity index is 1090. The average Bonchev–Trinajstić information content (AvgIpc) is 3.02. The number of carbonyl (C=O) groups is 2. The summed E-state index contributed by atoms with van der Waals surface area (Å²) >= 11 is 0. The third-order valence-electron chi connectivity index (χ3n) is 5.82. The number of carbonyl (C=O) groups excluding carboxylic acids is 2. The molecule has 0 saturated carbocycles. The summed E-state index contributed by atoms with van der Waals surface area (Å²) in [6.07, 6.45) is -6.68. The van der Waals surface area contributed by atoms with Gasteiger partial charge in [-0.05, 0) is 25.1 Å². The van der Waals surface area contributed by atoms with Gasteiger partial charge in [-0.3, -0.25) is 9.59 Å². The van der Waals surface area contributed by atoms with Crippen molar-refractivity contribution < 1.29 is 41.0 Å². The fourth-order valence-corrected chi connectivity index (χ4v) is 3.88. The van der Waals surface area contributed by atoms with Crippen LogP contribution in [-0.2, 0) is 9.53 Å². The number of anilines is 1. The number of rotatable bonds is 5. The minimum Gasteiger partial charge on any atom is -0.493 e. The van der Waals surface area contributed by atoms with Crippen molar-refractivity contribution in [1.29, 1.82) is 0 Å². The number of hydrogen-bond donors (Lipinski definition) is 2. The zero-order valence-electron chi connectivity index (χ0n) is 17.7. The van der Waals surface area contributed by atoms with Crippen LogP contribution in [0.2, 0.25) is 0 Å². The highest BCUT2D eigenvalue weighted by molar-refractivity contribution is 5.96. The fourth-order valence-electron chi connectivity index (χ4n) is 3.88. The molecule has 2 heterocycles. The van der Waals surface area contributed by atoms with Crippen molar-refractivity contribution in [1.82, 2.24) is 4.98 Å². The highest BCUT2D eigenvalue weighted by Crippen LogP contribution is 2.54. The van der Waals surface area contributed by atoms with Gasteiger partial charge in [0.15, 0.2) is 17.2 Å². The van der Waals surface area contributed by atoms with Crippen LogP contribution in [0, 0.1) is 17.6 Å². The van der Waals surface area contributed by atoms with E-state index < -0.39 is 58.9 Å². The van der Waals surface area contributed by atoms with Crippen LogP contribution in [0.1, 0.15) is 35.8 Å². The van der Waals surface area contributed by atoms with Crippen LogP contribution in [-0.4, -0.2) is 41.8 Å². The molecular weight excluding hydrogens is 453 g/mol. The molecule has 1 aliphatic rings. The smallest absolute Gasteiger partial charge is 0.417 e. The second-order valence-electron chi connectivity index (χ2n) is 7.70. The summed E-state index contributed by atoms with van der Waals surface area (Å²) < 4.78 is 80.0. The van der Waals surface area contributed by atoms with Gasteiger partial charge >= 0.3 is 6.18 Å². The summed E-state index contributed by atoms with van der Waals surface area (Å²) in [5.74, 6) is -8.17. The molecule has 0 bridgehead atoms. The molecule has 1 aromatic carbocycles. The summed E-state index contributed by atoms with van der Waals surface area (Å²) in [6.45, 7) is 1.97. The van der Waals surface area contributed by atoms with E-state index in [2.05, 4.69) is 10.3 Å². The maximum Gasteiger partial charge on any atom is 0.417 e. The van der Waals surface area contributed by atoms with Crippen LogP contribution >= 0.6 is 0 Å². The third-order valence-corrected chi connectivity index (χ3v) is 5.82. The van der Waals surface area contributed by atoms with E-state index in [0.29, 0.717) is 0 Å². The molecule has 0 radical (unpaired) electrons. The van der Waals surface area contributed by atoms with Crippen molar-refractivity contribution in [2.24, 2.45) is 11.7 Å². The Morgan fingerprint density at radius 1 is 1.21 bits per heavy atom. The molecule has 2 aromatic rings. The molecule has 7 nitrogen and oxygen atoms in total. The normalized spacial score (nSPS) is 25.0. The second kappa shape index (κ2) is 8.58. The first-order valence-electron chi connectivity index (χ1n) is 9.66. The molecule has 1 aromatic heterocycles. The monoisotopic (exact) mass is 473 g/mol. The van der Waals surface area contributed by atoms with Gasteiger partial charge < -0.3 is 20.5 Å². The molecule has 2 amide bonds. The Kier molecular flexibility index (Phi) is 6.33. The molecule has 3 N–H and O–H groups in total. The van der Waals surface area contributed by atoms with Crippen LogP contribution in [0.25, 0.3) is 0 Å². The maximum atomic E-state index is 14.3. The van der Waals surface area contributed by atoms with Gasteiger partial charge in [0, 0.05) is 17.4 Å². The van der Waals surface area contributed by atoms with E-state index in [1.165, 1.54) is 25.1 Å². The lowest BCUT2D eigenvalue weighted by atomic mass is 9.77. The first-order chi connectivity index (χ1) is 15.3. The zero-order valence-corrected chi connectivity index (χ0v) is 17.7. The van der Waals surface area contributed by atoms with Crippen LogP contribution in [0.4, 0.5) is 27.8 Å². The summed E-state index contributed by atoms with van der Waals surface area (Å²) in [6, 6.07) is 5.71. The summed E-state index contributed by atoms with van der Waals surface area (Å²) in [7, 11) is 1.03. The Morgan fingerprint density at radius 3 is 2.45 bits per heavy atom. The van der Waals surface area contributed by atoms with Gasteiger partial charge in [-0.25, -0.2) is 9.37 Å². The van der Waals surface area contributed by atoms with Crippen LogP contribution < -0.4 is 15.8 Å². The average molecular weight is 473 g/mol. The van der Waals surface area contributed by atoms with Gasteiger partial charge in [0.05, 0.1) is 7.11 Å². The lowest BCUT2D eigenvalue weighted by molar-refractivity contribution is -0.272. The summed E-state index contributed by atoms with van der Waals surface area (Å²) in [5, 5.41) is 2.29. The Labute approximate surface area is 185 Å². The molecule has 178 valence electrons. The largest absolute Gasteiger partial charge is 0.493 e. The number of pyridine rings is 1. The van der Waals surface area contributed by atoms with E-state index in [9.17, 15) is 31.5 Å². The zero-order chi connectivity index (χ0) is 24.7. The first-order valence-corrected chi connectivity index (χ1v) is 9.66. The van der Waals surface area contributed by atoms with Crippen LogP contribution in [0.15, 0.2) is 30.3 Å². The van der Waals surface area contributed by atoms with E-state index in [0.717, 1.165) is 26.2 Å². The number of aromatic nitrogens is 1. The number of halogens is 5. The SMILES string of the molecule is COc1c([C@@H]2[C@H](C(=O)Nc3cccc(C(N)=O)n3)O[C@@](C)(C(F)(F)F)[C@H]2C)ccc(F)c1F. The van der Waals surface area contributed by atoms with Crippen molar-refractivity contribution in [3.63, 3.8) is 0 Å². The Hall–Kier alpha value is -3.28. The molecule has 1 aliphatic heterocycles. The molecule has 0 spiro atoms. The van der Waals surface area contributed by atoms with Crippen molar-refractivity contribution in [3.8, 4) is 5.75 Å². The number of methoxy groups -OCH3 is 1. The maximum absolute atomic E-state index is 14.3. The fraction of sp³-hybridized carbons (Fsp3) is 0.381. The van der Waals surface area contributed by atoms with E-state index >= 15 is 0 Å².